The number of rotatable bonds is 2. The van der Waals surface area contributed by atoms with Crippen LogP contribution in [0.25, 0.3) is 0 Å². The summed E-state index contributed by atoms with van der Waals surface area (Å²) in [5.74, 6) is -0.224. The molecule has 0 N–H and O–H groups in total. The molecule has 4 rings (SSSR count). The summed E-state index contributed by atoms with van der Waals surface area (Å²) < 4.78 is 9.35. The van der Waals surface area contributed by atoms with Gasteiger partial charge in [0.2, 0.25) is 0 Å². The van der Waals surface area contributed by atoms with E-state index in [4.69, 9.17) is 4.74 Å². The molecule has 8 heteroatoms. The lowest BCUT2D eigenvalue weighted by Gasteiger charge is -2.40. The first kappa shape index (κ1) is 16.0. The average Bonchev–Trinajstić information content (AvgIpc) is 3.10. The molecule has 1 fully saturated rings. The van der Waals surface area contributed by atoms with Crippen LogP contribution in [0.1, 0.15) is 41.1 Å². The third-order valence-corrected chi connectivity index (χ3v) is 5.15. The van der Waals surface area contributed by atoms with Crippen molar-refractivity contribution < 1.29 is 9.53 Å². The molecule has 25 heavy (non-hydrogen) atoms. The maximum absolute atomic E-state index is 13.0. The quantitative estimate of drug-likeness (QED) is 0.804. The number of aryl methyl sites for hydroxylation is 1. The molecule has 2 atom stereocenters. The highest BCUT2D eigenvalue weighted by molar-refractivity contribution is 5.94. The minimum Gasteiger partial charge on any atom is -0.370 e. The second-order valence-electron chi connectivity index (χ2n) is 6.56. The van der Waals surface area contributed by atoms with E-state index in [1.807, 2.05) is 24.6 Å². The van der Waals surface area contributed by atoms with Gasteiger partial charge in [0.25, 0.3) is 11.5 Å². The Kier molecular flexibility index (Phi) is 3.91. The Morgan fingerprint density at radius 2 is 2.24 bits per heavy atom. The van der Waals surface area contributed by atoms with Crippen LogP contribution >= 0.6 is 0 Å². The summed E-state index contributed by atoms with van der Waals surface area (Å²) in [4.78, 5) is 27.3. The number of amides is 1. The van der Waals surface area contributed by atoms with Crippen LogP contribution in [0.3, 0.4) is 0 Å². The summed E-state index contributed by atoms with van der Waals surface area (Å²) in [6.45, 7) is 5.87. The maximum Gasteiger partial charge on any atom is 0.263 e. The van der Waals surface area contributed by atoms with Gasteiger partial charge in [-0.05, 0) is 32.4 Å². The zero-order valence-corrected chi connectivity index (χ0v) is 14.4. The fourth-order valence-electron chi connectivity index (χ4n) is 3.76. The second kappa shape index (κ2) is 6.11. The average molecular weight is 343 g/mol. The fraction of sp³-hybridized carbons (Fsp3) is 0.529. The van der Waals surface area contributed by atoms with Gasteiger partial charge >= 0.3 is 0 Å². The lowest BCUT2D eigenvalue weighted by Crippen LogP contribution is -2.50. The third kappa shape index (κ3) is 2.57. The van der Waals surface area contributed by atoms with Gasteiger partial charge in [0.15, 0.2) is 0 Å². The first-order chi connectivity index (χ1) is 12.1. The van der Waals surface area contributed by atoms with E-state index >= 15 is 0 Å². The van der Waals surface area contributed by atoms with E-state index in [2.05, 4.69) is 10.3 Å². The molecule has 1 saturated heterocycles. The summed E-state index contributed by atoms with van der Waals surface area (Å²) >= 11 is 0. The van der Waals surface area contributed by atoms with Crippen molar-refractivity contribution in [2.45, 2.75) is 45.6 Å². The number of hydrogen-bond donors (Lipinski definition) is 0. The van der Waals surface area contributed by atoms with E-state index in [1.165, 1.54) is 0 Å². The lowest BCUT2D eigenvalue weighted by atomic mass is 9.99. The van der Waals surface area contributed by atoms with E-state index in [1.54, 1.807) is 21.7 Å². The van der Waals surface area contributed by atoms with Crippen LogP contribution in [0.4, 0.5) is 0 Å². The number of hydrogen-bond acceptors (Lipinski definition) is 5. The molecular formula is C17H21N5O3. The molecule has 4 heterocycles. The minimum absolute atomic E-state index is 0.0311. The lowest BCUT2D eigenvalue weighted by molar-refractivity contribution is -0.0605. The Bertz CT molecular complexity index is 871. The van der Waals surface area contributed by atoms with Gasteiger partial charge < -0.3 is 14.2 Å². The Morgan fingerprint density at radius 3 is 3.04 bits per heavy atom. The van der Waals surface area contributed by atoms with Gasteiger partial charge in [0.1, 0.15) is 5.56 Å². The fourth-order valence-corrected chi connectivity index (χ4v) is 3.76. The summed E-state index contributed by atoms with van der Waals surface area (Å²) in [5, 5.41) is 8.09. The zero-order valence-electron chi connectivity index (χ0n) is 14.4. The zero-order chi connectivity index (χ0) is 17.6. The molecule has 132 valence electrons. The standard InChI is InChI=1S/C17H21N5O3/c1-3-21-11(2)4-5-13(17(21)24)16(23)20-7-6-15-14(9-20)22-12(10-25-15)8-18-19-22/h4-5,8,14-15H,3,6-7,9-10H2,1-2H3/t14-,15+/m0/s1. The highest BCUT2D eigenvalue weighted by atomic mass is 16.5. The van der Waals surface area contributed by atoms with Crippen LogP contribution in [0.5, 0.6) is 0 Å². The van der Waals surface area contributed by atoms with Crippen molar-refractivity contribution in [3.8, 4) is 0 Å². The van der Waals surface area contributed by atoms with E-state index in [0.29, 0.717) is 26.2 Å². The van der Waals surface area contributed by atoms with Crippen molar-refractivity contribution in [2.24, 2.45) is 0 Å². The molecule has 8 nitrogen and oxygen atoms in total. The SMILES string of the molecule is CCn1c(C)ccc(C(=O)N2CC[C@H]3OCc4cnnn4[C@H]3C2)c1=O. The van der Waals surface area contributed by atoms with Crippen LogP contribution in [0, 0.1) is 6.92 Å². The summed E-state index contributed by atoms with van der Waals surface area (Å²) in [7, 11) is 0. The predicted octanol–water partition coefficient (Wildman–Crippen LogP) is 0.754. The molecule has 2 aromatic rings. The Hall–Kier alpha value is -2.48. The van der Waals surface area contributed by atoms with E-state index in [9.17, 15) is 9.59 Å². The number of piperidine rings is 1. The molecular weight excluding hydrogens is 322 g/mol. The summed E-state index contributed by atoms with van der Waals surface area (Å²) in [6.07, 6.45) is 2.45. The molecule has 2 aromatic heterocycles. The molecule has 2 aliphatic heterocycles. The molecule has 0 aliphatic carbocycles. The number of fused-ring (bicyclic) bond motifs is 3. The number of carbonyl (C=O) groups is 1. The highest BCUT2D eigenvalue weighted by Gasteiger charge is 2.38. The molecule has 0 bridgehead atoms. The number of ether oxygens (including phenoxy) is 1. The van der Waals surface area contributed by atoms with Crippen molar-refractivity contribution in [1.82, 2.24) is 24.5 Å². The van der Waals surface area contributed by atoms with Crippen LogP contribution < -0.4 is 5.56 Å². The van der Waals surface area contributed by atoms with E-state index < -0.39 is 0 Å². The first-order valence-electron chi connectivity index (χ1n) is 8.60. The number of aromatic nitrogens is 4. The van der Waals surface area contributed by atoms with E-state index in [-0.39, 0.29) is 29.2 Å². The number of likely N-dealkylation sites (tertiary alicyclic amines) is 1. The van der Waals surface area contributed by atoms with Gasteiger partial charge in [0.05, 0.1) is 30.6 Å². The molecule has 0 spiro atoms. The largest absolute Gasteiger partial charge is 0.370 e. The number of pyridine rings is 1. The van der Waals surface area contributed by atoms with Crippen molar-refractivity contribution in [1.29, 1.82) is 0 Å². The Balaban J connectivity index is 1.62. The minimum atomic E-state index is -0.226. The van der Waals surface area contributed by atoms with E-state index in [0.717, 1.165) is 17.8 Å². The van der Waals surface area contributed by atoms with Gasteiger partial charge in [-0.2, -0.15) is 0 Å². The summed E-state index contributed by atoms with van der Waals surface area (Å²) in [5.41, 5.74) is 1.77. The normalized spacial score (nSPS) is 22.4. The molecule has 0 aromatic carbocycles. The van der Waals surface area contributed by atoms with Crippen LogP contribution in [-0.4, -0.2) is 49.6 Å². The third-order valence-electron chi connectivity index (χ3n) is 5.15. The van der Waals surface area contributed by atoms with Gasteiger partial charge in [0, 0.05) is 25.3 Å². The molecule has 0 unspecified atom stereocenters. The topological polar surface area (TPSA) is 82.2 Å². The number of carbonyl (C=O) groups excluding carboxylic acids is 1. The van der Waals surface area contributed by atoms with Crippen LogP contribution in [0.2, 0.25) is 0 Å². The molecule has 0 saturated carbocycles. The highest BCUT2D eigenvalue weighted by Crippen LogP contribution is 2.30. The first-order valence-corrected chi connectivity index (χ1v) is 8.60. The summed E-state index contributed by atoms with van der Waals surface area (Å²) in [6, 6.07) is 3.41. The number of nitrogens with zero attached hydrogens (tertiary/aromatic N) is 5. The van der Waals surface area contributed by atoms with Crippen molar-refractivity contribution >= 4 is 5.91 Å². The van der Waals surface area contributed by atoms with Gasteiger partial charge in [-0.3, -0.25) is 9.59 Å². The molecule has 2 aliphatic rings. The predicted molar refractivity (Wildman–Crippen MR) is 89.3 cm³/mol. The monoisotopic (exact) mass is 343 g/mol. The molecule has 0 radical (unpaired) electrons. The van der Waals surface area contributed by atoms with Gasteiger partial charge in [-0.15, -0.1) is 5.10 Å². The van der Waals surface area contributed by atoms with Crippen molar-refractivity contribution in [3.63, 3.8) is 0 Å². The van der Waals surface area contributed by atoms with Crippen molar-refractivity contribution in [3.05, 3.63) is 45.6 Å². The Morgan fingerprint density at radius 1 is 1.40 bits per heavy atom. The molecule has 1 amide bonds. The van der Waals surface area contributed by atoms with Gasteiger partial charge in [-0.1, -0.05) is 5.21 Å². The van der Waals surface area contributed by atoms with Crippen molar-refractivity contribution in [2.75, 3.05) is 13.1 Å². The van der Waals surface area contributed by atoms with Crippen LogP contribution in [0.15, 0.2) is 23.1 Å². The van der Waals surface area contributed by atoms with Gasteiger partial charge in [-0.25, -0.2) is 4.68 Å². The smallest absolute Gasteiger partial charge is 0.263 e. The van der Waals surface area contributed by atoms with Crippen LogP contribution in [-0.2, 0) is 17.9 Å². The Labute approximate surface area is 145 Å². The second-order valence-corrected chi connectivity index (χ2v) is 6.56. The maximum atomic E-state index is 13.0.